The van der Waals surface area contributed by atoms with Gasteiger partial charge in [0.15, 0.2) is 0 Å². The van der Waals surface area contributed by atoms with Crippen molar-refractivity contribution in [2.45, 2.75) is 13.3 Å². The van der Waals surface area contributed by atoms with E-state index in [2.05, 4.69) is 16.4 Å². The van der Waals surface area contributed by atoms with Gasteiger partial charge in [0.05, 0.1) is 5.52 Å². The quantitative estimate of drug-likeness (QED) is 0.540. The lowest BCUT2D eigenvalue weighted by molar-refractivity contribution is 0.296. The van der Waals surface area contributed by atoms with Crippen molar-refractivity contribution in [2.75, 3.05) is 35.7 Å². The lowest BCUT2D eigenvalue weighted by atomic mass is 10.1. The number of pyridine rings is 1. The molecule has 0 amide bonds. The summed E-state index contributed by atoms with van der Waals surface area (Å²) in [6.07, 6.45) is 0.860. The highest BCUT2D eigenvalue weighted by Crippen LogP contribution is 2.25. The normalized spacial score (nSPS) is 10.9. The van der Waals surface area contributed by atoms with E-state index in [1.165, 1.54) is 0 Å². The maximum absolute atomic E-state index is 8.73. The van der Waals surface area contributed by atoms with Gasteiger partial charge in [0, 0.05) is 41.4 Å². The molecule has 0 aliphatic heterocycles. The van der Waals surface area contributed by atoms with Crippen LogP contribution in [-0.4, -0.2) is 34.7 Å². The van der Waals surface area contributed by atoms with Gasteiger partial charge in [0.1, 0.15) is 0 Å². The summed E-state index contributed by atoms with van der Waals surface area (Å²) in [6, 6.07) is 7.85. The molecule has 1 aromatic carbocycles. The molecule has 5 heteroatoms. The van der Waals surface area contributed by atoms with E-state index < -0.39 is 0 Å². The smallest absolute Gasteiger partial charge is 0.0727 e. The van der Waals surface area contributed by atoms with Gasteiger partial charge >= 0.3 is 0 Å². The number of aliphatic hydroxyl groups excluding tert-OH is 1. The lowest BCUT2D eigenvalue weighted by Crippen LogP contribution is -2.06. The molecule has 1 heterocycles. The molecule has 20 heavy (non-hydrogen) atoms. The van der Waals surface area contributed by atoms with Gasteiger partial charge in [0.25, 0.3) is 0 Å². The summed E-state index contributed by atoms with van der Waals surface area (Å²) < 4.78 is 0. The van der Waals surface area contributed by atoms with Crippen LogP contribution in [0.4, 0.5) is 11.4 Å². The minimum Gasteiger partial charge on any atom is -0.399 e. The molecular formula is C15H21N3OS. The largest absolute Gasteiger partial charge is 0.399 e. The molecule has 0 radical (unpaired) electrons. The molecule has 0 atom stereocenters. The van der Waals surface area contributed by atoms with E-state index in [4.69, 9.17) is 10.8 Å². The minimum atomic E-state index is 0.272. The number of rotatable bonds is 7. The summed E-state index contributed by atoms with van der Waals surface area (Å²) in [5.41, 5.74) is 9.66. The predicted octanol–water partition coefficient (Wildman–Crippen LogP) is 2.65. The Morgan fingerprint density at radius 3 is 2.95 bits per heavy atom. The number of fused-ring (bicyclic) bond motifs is 1. The maximum atomic E-state index is 8.73. The van der Waals surface area contributed by atoms with Crippen LogP contribution in [0.25, 0.3) is 10.9 Å². The van der Waals surface area contributed by atoms with Crippen molar-refractivity contribution in [3.8, 4) is 0 Å². The minimum absolute atomic E-state index is 0.272. The van der Waals surface area contributed by atoms with E-state index in [-0.39, 0.29) is 6.61 Å². The van der Waals surface area contributed by atoms with E-state index in [0.717, 1.165) is 52.4 Å². The van der Waals surface area contributed by atoms with E-state index in [9.17, 15) is 0 Å². The van der Waals surface area contributed by atoms with Crippen LogP contribution in [-0.2, 0) is 0 Å². The zero-order valence-corrected chi connectivity index (χ0v) is 12.5. The number of nitrogens with one attached hydrogen (secondary N) is 1. The summed E-state index contributed by atoms with van der Waals surface area (Å²) in [6.45, 7) is 3.16. The highest BCUT2D eigenvalue weighted by molar-refractivity contribution is 7.99. The van der Waals surface area contributed by atoms with Crippen LogP contribution in [0.15, 0.2) is 24.3 Å². The summed E-state index contributed by atoms with van der Waals surface area (Å²) in [5.74, 6) is 2.02. The van der Waals surface area contributed by atoms with E-state index in [1.807, 2.05) is 36.9 Å². The van der Waals surface area contributed by atoms with Gasteiger partial charge in [-0.15, -0.1) is 0 Å². The first-order valence-electron chi connectivity index (χ1n) is 6.80. The SMILES string of the molecule is Cc1cc(NCCSCCCO)c2cc(N)ccc2n1. The fraction of sp³-hybridized carbons (Fsp3) is 0.400. The van der Waals surface area contributed by atoms with Crippen LogP contribution < -0.4 is 11.1 Å². The molecule has 0 aliphatic rings. The van der Waals surface area contributed by atoms with Crippen LogP contribution in [0.3, 0.4) is 0 Å². The van der Waals surface area contributed by atoms with Crippen molar-refractivity contribution < 1.29 is 5.11 Å². The third-order valence-electron chi connectivity index (χ3n) is 2.97. The number of anilines is 2. The fourth-order valence-corrected chi connectivity index (χ4v) is 2.83. The number of aromatic nitrogens is 1. The molecule has 0 saturated heterocycles. The molecule has 1 aromatic heterocycles. The van der Waals surface area contributed by atoms with E-state index in [0.29, 0.717) is 0 Å². The fourth-order valence-electron chi connectivity index (χ4n) is 2.05. The number of benzene rings is 1. The molecule has 0 spiro atoms. The van der Waals surface area contributed by atoms with Crippen molar-refractivity contribution in [3.05, 3.63) is 30.0 Å². The lowest BCUT2D eigenvalue weighted by Gasteiger charge is -2.11. The number of nitrogen functional groups attached to an aromatic ring is 1. The monoisotopic (exact) mass is 291 g/mol. The first-order chi connectivity index (χ1) is 9.70. The molecule has 108 valence electrons. The number of nitrogens with zero attached hydrogens (tertiary/aromatic N) is 1. The van der Waals surface area contributed by atoms with Gasteiger partial charge < -0.3 is 16.2 Å². The molecule has 4 N–H and O–H groups in total. The van der Waals surface area contributed by atoms with Crippen LogP contribution in [0, 0.1) is 6.92 Å². The topological polar surface area (TPSA) is 71.2 Å². The second-order valence-electron chi connectivity index (χ2n) is 4.70. The van der Waals surface area contributed by atoms with Crippen molar-refractivity contribution in [1.82, 2.24) is 4.98 Å². The number of nitrogens with two attached hydrogens (primary N) is 1. The Balaban J connectivity index is 2.03. The highest BCUT2D eigenvalue weighted by Gasteiger charge is 2.04. The van der Waals surface area contributed by atoms with Crippen LogP contribution in [0.2, 0.25) is 0 Å². The average Bonchev–Trinajstić information content (AvgIpc) is 2.43. The first-order valence-corrected chi connectivity index (χ1v) is 7.95. The maximum Gasteiger partial charge on any atom is 0.0727 e. The van der Waals surface area contributed by atoms with Crippen molar-refractivity contribution >= 4 is 34.0 Å². The standard InChI is InChI=1S/C15H21N3OS/c1-11-9-15(17-5-8-20-7-2-6-19)13-10-12(16)3-4-14(13)18-11/h3-4,9-10,19H,2,5-8,16H2,1H3,(H,17,18). The third-order valence-corrected chi connectivity index (χ3v) is 4.04. The summed E-state index contributed by atoms with van der Waals surface area (Å²) in [5, 5.41) is 13.2. The van der Waals surface area contributed by atoms with Gasteiger partial charge in [-0.05, 0) is 43.4 Å². The number of thioether (sulfide) groups is 1. The molecular weight excluding hydrogens is 270 g/mol. The molecule has 0 aliphatic carbocycles. The first kappa shape index (κ1) is 14.9. The van der Waals surface area contributed by atoms with Gasteiger partial charge in [-0.1, -0.05) is 0 Å². The zero-order valence-electron chi connectivity index (χ0n) is 11.7. The Morgan fingerprint density at radius 2 is 2.15 bits per heavy atom. The average molecular weight is 291 g/mol. The van der Waals surface area contributed by atoms with Gasteiger partial charge in [0.2, 0.25) is 0 Å². The molecule has 2 aromatic rings. The van der Waals surface area contributed by atoms with Crippen LogP contribution >= 0.6 is 11.8 Å². The Labute approximate surface area is 123 Å². The molecule has 0 bridgehead atoms. The predicted molar refractivity (Wildman–Crippen MR) is 88.4 cm³/mol. The van der Waals surface area contributed by atoms with Crippen molar-refractivity contribution in [3.63, 3.8) is 0 Å². The summed E-state index contributed by atoms with van der Waals surface area (Å²) >= 11 is 1.85. The Kier molecular flexibility index (Phi) is 5.49. The number of hydrogen-bond donors (Lipinski definition) is 3. The summed E-state index contributed by atoms with van der Waals surface area (Å²) in [7, 11) is 0. The Morgan fingerprint density at radius 1 is 1.30 bits per heavy atom. The van der Waals surface area contributed by atoms with Gasteiger partial charge in [-0.3, -0.25) is 4.98 Å². The van der Waals surface area contributed by atoms with Crippen molar-refractivity contribution in [1.29, 1.82) is 0 Å². The van der Waals surface area contributed by atoms with Crippen LogP contribution in [0.5, 0.6) is 0 Å². The Bertz CT molecular complexity index is 574. The van der Waals surface area contributed by atoms with E-state index in [1.54, 1.807) is 0 Å². The second-order valence-corrected chi connectivity index (χ2v) is 5.93. The Hall–Kier alpha value is -1.46. The number of aryl methyl sites for hydroxylation is 1. The van der Waals surface area contributed by atoms with Crippen molar-refractivity contribution in [2.24, 2.45) is 0 Å². The van der Waals surface area contributed by atoms with Gasteiger partial charge in [-0.2, -0.15) is 11.8 Å². The molecule has 0 unspecified atom stereocenters. The summed E-state index contributed by atoms with van der Waals surface area (Å²) in [4.78, 5) is 4.52. The molecule has 0 fully saturated rings. The molecule has 0 saturated carbocycles. The highest BCUT2D eigenvalue weighted by atomic mass is 32.2. The van der Waals surface area contributed by atoms with Crippen LogP contribution in [0.1, 0.15) is 12.1 Å². The third kappa shape index (κ3) is 4.02. The number of hydrogen-bond acceptors (Lipinski definition) is 5. The number of aliphatic hydroxyl groups is 1. The zero-order chi connectivity index (χ0) is 14.4. The second kappa shape index (κ2) is 7.36. The molecule has 2 rings (SSSR count). The van der Waals surface area contributed by atoms with Gasteiger partial charge in [-0.25, -0.2) is 0 Å². The van der Waals surface area contributed by atoms with E-state index >= 15 is 0 Å². The molecule has 4 nitrogen and oxygen atoms in total.